The highest BCUT2D eigenvalue weighted by Crippen LogP contribution is 2.32. The van der Waals surface area contributed by atoms with Crippen LogP contribution in [0.1, 0.15) is 24.6 Å². The molecule has 0 unspecified atom stereocenters. The average molecular weight is 336 g/mol. The summed E-state index contributed by atoms with van der Waals surface area (Å²) in [5.74, 6) is 0.607. The van der Waals surface area contributed by atoms with Crippen LogP contribution in [0, 0.1) is 0 Å². The summed E-state index contributed by atoms with van der Waals surface area (Å²) in [6, 6.07) is 9.56. The van der Waals surface area contributed by atoms with Gasteiger partial charge in [0.15, 0.2) is 5.82 Å². The predicted molar refractivity (Wildman–Crippen MR) is 94.5 cm³/mol. The second kappa shape index (κ2) is 6.43. The minimum absolute atomic E-state index is 0.102. The van der Waals surface area contributed by atoms with Gasteiger partial charge >= 0.3 is 6.03 Å². The largest absolute Gasteiger partial charge is 0.353 e. The number of urea groups is 1. The van der Waals surface area contributed by atoms with Crippen LogP contribution < -0.4 is 5.32 Å². The van der Waals surface area contributed by atoms with Crippen molar-refractivity contribution in [2.45, 2.75) is 18.9 Å². The molecule has 4 heterocycles. The van der Waals surface area contributed by atoms with E-state index in [-0.39, 0.29) is 12.1 Å². The van der Waals surface area contributed by atoms with Crippen molar-refractivity contribution in [3.63, 3.8) is 0 Å². The zero-order valence-electron chi connectivity index (χ0n) is 14.0. The minimum Gasteiger partial charge on any atom is -0.353 e. The normalized spacial score (nSPS) is 17.0. The number of carbonyl (C=O) groups is 1. The van der Waals surface area contributed by atoms with Crippen molar-refractivity contribution in [2.24, 2.45) is 7.05 Å². The van der Waals surface area contributed by atoms with E-state index in [1.165, 1.54) is 0 Å². The van der Waals surface area contributed by atoms with Crippen LogP contribution in [0.5, 0.6) is 0 Å². The number of carbonyl (C=O) groups excluding carboxylic acids is 1. The maximum Gasteiger partial charge on any atom is 0.322 e. The van der Waals surface area contributed by atoms with Crippen LogP contribution in [-0.2, 0) is 7.05 Å². The van der Waals surface area contributed by atoms with Crippen LogP contribution >= 0.6 is 0 Å². The molecular weight excluding hydrogens is 316 g/mol. The fourth-order valence-electron chi connectivity index (χ4n) is 3.40. The molecular formula is C18H20N6O. The van der Waals surface area contributed by atoms with Crippen LogP contribution in [0.25, 0.3) is 5.82 Å². The Morgan fingerprint density at radius 2 is 2.12 bits per heavy atom. The third-order valence-electron chi connectivity index (χ3n) is 4.59. The van der Waals surface area contributed by atoms with Gasteiger partial charge in [0.05, 0.1) is 11.7 Å². The molecule has 1 aliphatic rings. The summed E-state index contributed by atoms with van der Waals surface area (Å²) in [6.45, 7) is 0.749. The van der Waals surface area contributed by atoms with E-state index in [1.807, 2.05) is 36.3 Å². The fraction of sp³-hybridized carbons (Fsp3) is 0.278. The molecule has 2 amide bonds. The van der Waals surface area contributed by atoms with Crippen molar-refractivity contribution < 1.29 is 4.79 Å². The number of hydrogen-bond donors (Lipinski definition) is 1. The summed E-state index contributed by atoms with van der Waals surface area (Å²) >= 11 is 0. The number of likely N-dealkylation sites (tertiary alicyclic amines) is 1. The molecule has 1 aliphatic heterocycles. The number of pyridine rings is 1. The molecule has 7 nitrogen and oxygen atoms in total. The summed E-state index contributed by atoms with van der Waals surface area (Å²) < 4.78 is 3.73. The maximum atomic E-state index is 12.9. The van der Waals surface area contributed by atoms with Gasteiger partial charge in [0.1, 0.15) is 0 Å². The smallest absolute Gasteiger partial charge is 0.322 e. The van der Waals surface area contributed by atoms with E-state index < -0.39 is 0 Å². The Labute approximate surface area is 145 Å². The SMILES string of the molecule is Cn1cccc1[C@H]1CCCN1C(=O)Nc1cccnc1-n1cccn1. The number of aryl methyl sites for hydroxylation is 1. The molecule has 1 saturated heterocycles. The first kappa shape index (κ1) is 15.4. The molecule has 0 spiro atoms. The van der Waals surface area contributed by atoms with Crippen molar-refractivity contribution in [1.82, 2.24) is 24.2 Å². The van der Waals surface area contributed by atoms with Gasteiger partial charge in [-0.3, -0.25) is 0 Å². The van der Waals surface area contributed by atoms with Gasteiger partial charge in [-0.15, -0.1) is 0 Å². The molecule has 0 aromatic carbocycles. The van der Waals surface area contributed by atoms with E-state index in [0.717, 1.165) is 25.1 Å². The second-order valence-electron chi connectivity index (χ2n) is 6.15. The van der Waals surface area contributed by atoms with Crippen molar-refractivity contribution in [2.75, 3.05) is 11.9 Å². The number of aromatic nitrogens is 4. The molecule has 0 bridgehead atoms. The van der Waals surface area contributed by atoms with Crippen molar-refractivity contribution in [3.8, 4) is 5.82 Å². The van der Waals surface area contributed by atoms with Crippen LogP contribution in [0.15, 0.2) is 55.1 Å². The quantitative estimate of drug-likeness (QED) is 0.799. The van der Waals surface area contributed by atoms with Crippen molar-refractivity contribution in [3.05, 3.63) is 60.8 Å². The van der Waals surface area contributed by atoms with Crippen molar-refractivity contribution >= 4 is 11.7 Å². The van der Waals surface area contributed by atoms with Crippen molar-refractivity contribution in [1.29, 1.82) is 0 Å². The molecule has 1 fully saturated rings. The Bertz CT molecular complexity index is 869. The van der Waals surface area contributed by atoms with E-state index in [4.69, 9.17) is 0 Å². The summed E-state index contributed by atoms with van der Waals surface area (Å²) in [4.78, 5) is 19.1. The predicted octanol–water partition coefficient (Wildman–Crippen LogP) is 2.97. The molecule has 0 saturated carbocycles. The summed E-state index contributed by atoms with van der Waals surface area (Å²) in [5, 5.41) is 7.21. The van der Waals surface area contributed by atoms with Gasteiger partial charge in [-0.2, -0.15) is 5.10 Å². The standard InChI is InChI=1S/C18H20N6O/c1-22-11-3-7-15(22)16-8-4-12-23(16)18(25)21-14-6-2-9-19-17(14)24-13-5-10-20-24/h2-3,5-7,9-11,13,16H,4,8,12H2,1H3,(H,21,25)/t16-/m1/s1. The Balaban J connectivity index is 1.58. The zero-order valence-corrected chi connectivity index (χ0v) is 14.0. The highest BCUT2D eigenvalue weighted by molar-refractivity contribution is 5.91. The number of hydrogen-bond acceptors (Lipinski definition) is 3. The lowest BCUT2D eigenvalue weighted by Gasteiger charge is -2.26. The molecule has 7 heteroatoms. The van der Waals surface area contributed by atoms with Crippen LogP contribution in [-0.4, -0.2) is 36.8 Å². The van der Waals surface area contributed by atoms with E-state index in [9.17, 15) is 4.79 Å². The van der Waals surface area contributed by atoms with Gasteiger partial charge in [-0.25, -0.2) is 14.5 Å². The summed E-state index contributed by atoms with van der Waals surface area (Å²) in [6.07, 6.45) is 9.18. The Kier molecular flexibility index (Phi) is 3.97. The Hall–Kier alpha value is -3.09. The molecule has 1 N–H and O–H groups in total. The van der Waals surface area contributed by atoms with Gasteiger partial charge in [-0.1, -0.05) is 0 Å². The van der Waals surface area contributed by atoms with E-state index >= 15 is 0 Å². The van der Waals surface area contributed by atoms with Gasteiger partial charge in [0, 0.05) is 44.1 Å². The maximum absolute atomic E-state index is 12.9. The van der Waals surface area contributed by atoms with Gasteiger partial charge in [0.25, 0.3) is 0 Å². The molecule has 1 atom stereocenters. The summed E-state index contributed by atoms with van der Waals surface area (Å²) in [5.41, 5.74) is 1.81. The molecule has 0 aliphatic carbocycles. The molecule has 4 rings (SSSR count). The van der Waals surface area contributed by atoms with E-state index in [2.05, 4.69) is 26.0 Å². The van der Waals surface area contributed by atoms with Crippen LogP contribution in [0.2, 0.25) is 0 Å². The molecule has 3 aromatic rings. The Morgan fingerprint density at radius 1 is 1.20 bits per heavy atom. The van der Waals surface area contributed by atoms with Gasteiger partial charge < -0.3 is 14.8 Å². The number of nitrogens with one attached hydrogen (secondary N) is 1. The first-order valence-electron chi connectivity index (χ1n) is 8.38. The third kappa shape index (κ3) is 2.88. The first-order chi connectivity index (χ1) is 12.2. The first-order valence-corrected chi connectivity index (χ1v) is 8.38. The molecule has 0 radical (unpaired) electrons. The lowest BCUT2D eigenvalue weighted by Crippen LogP contribution is -2.35. The van der Waals surface area contributed by atoms with Crippen LogP contribution in [0.4, 0.5) is 10.5 Å². The molecule has 3 aromatic heterocycles. The monoisotopic (exact) mass is 336 g/mol. The lowest BCUT2D eigenvalue weighted by atomic mass is 10.1. The second-order valence-corrected chi connectivity index (χ2v) is 6.15. The lowest BCUT2D eigenvalue weighted by molar-refractivity contribution is 0.205. The van der Waals surface area contributed by atoms with Crippen LogP contribution in [0.3, 0.4) is 0 Å². The average Bonchev–Trinajstić information content (AvgIpc) is 3.36. The van der Waals surface area contributed by atoms with E-state index in [0.29, 0.717) is 11.5 Å². The number of amides is 2. The number of nitrogens with zero attached hydrogens (tertiary/aromatic N) is 5. The fourth-order valence-corrected chi connectivity index (χ4v) is 3.40. The minimum atomic E-state index is -0.106. The molecule has 25 heavy (non-hydrogen) atoms. The summed E-state index contributed by atoms with van der Waals surface area (Å²) in [7, 11) is 2.01. The molecule has 128 valence electrons. The highest BCUT2D eigenvalue weighted by Gasteiger charge is 2.31. The Morgan fingerprint density at radius 3 is 2.88 bits per heavy atom. The van der Waals surface area contributed by atoms with Gasteiger partial charge in [0.2, 0.25) is 0 Å². The topological polar surface area (TPSA) is 68.0 Å². The van der Waals surface area contributed by atoms with E-state index in [1.54, 1.807) is 29.3 Å². The van der Waals surface area contributed by atoms with Gasteiger partial charge in [-0.05, 0) is 43.2 Å². The number of rotatable bonds is 3. The highest BCUT2D eigenvalue weighted by atomic mass is 16.2. The third-order valence-corrected chi connectivity index (χ3v) is 4.59. The number of anilines is 1. The zero-order chi connectivity index (χ0) is 17.2.